The summed E-state index contributed by atoms with van der Waals surface area (Å²) < 4.78 is 2.07. The molecule has 1 heterocycles. The van der Waals surface area contributed by atoms with Gasteiger partial charge >= 0.3 is 0 Å². The maximum Gasteiger partial charge on any atom is 0.129 e. The largest absolute Gasteiger partial charge is 0.330 e. The van der Waals surface area contributed by atoms with Gasteiger partial charge in [0.25, 0.3) is 0 Å². The van der Waals surface area contributed by atoms with E-state index in [2.05, 4.69) is 28.6 Å². The Morgan fingerprint density at radius 2 is 2.00 bits per heavy atom. The number of rotatable bonds is 1. The van der Waals surface area contributed by atoms with Crippen LogP contribution >= 0.6 is 0 Å². The average Bonchev–Trinajstić information content (AvgIpc) is 2.43. The second kappa shape index (κ2) is 3.07. The van der Waals surface area contributed by atoms with Gasteiger partial charge in [0.05, 0.1) is 16.6 Å². The van der Waals surface area contributed by atoms with Crippen LogP contribution < -0.4 is 5.73 Å². The van der Waals surface area contributed by atoms with E-state index in [1.165, 1.54) is 5.56 Å². The lowest BCUT2D eigenvalue weighted by Gasteiger charge is -2.17. The predicted molar refractivity (Wildman–Crippen MR) is 62.7 cm³/mol. The van der Waals surface area contributed by atoms with Crippen LogP contribution in [-0.2, 0) is 12.6 Å². The summed E-state index contributed by atoms with van der Waals surface area (Å²) in [6, 6.07) is 6.25. The molecule has 0 aliphatic rings. The molecule has 3 heteroatoms. The van der Waals surface area contributed by atoms with Crippen molar-refractivity contribution in [2.24, 2.45) is 12.8 Å². The number of nitrogens with two attached hydrogens (primary N) is 1. The van der Waals surface area contributed by atoms with E-state index < -0.39 is 5.54 Å². The summed E-state index contributed by atoms with van der Waals surface area (Å²) >= 11 is 0. The lowest BCUT2D eigenvalue weighted by molar-refractivity contribution is 0.498. The van der Waals surface area contributed by atoms with Gasteiger partial charge in [0.2, 0.25) is 0 Å². The fourth-order valence-corrected chi connectivity index (χ4v) is 1.88. The molecule has 15 heavy (non-hydrogen) atoms. The minimum Gasteiger partial charge on any atom is -0.330 e. The third-order valence-electron chi connectivity index (χ3n) is 2.61. The van der Waals surface area contributed by atoms with E-state index in [0.29, 0.717) is 0 Å². The first-order valence-electron chi connectivity index (χ1n) is 5.12. The molecule has 2 aromatic rings. The van der Waals surface area contributed by atoms with Crippen molar-refractivity contribution < 1.29 is 0 Å². The van der Waals surface area contributed by atoms with Crippen molar-refractivity contribution in [3.63, 3.8) is 0 Å². The topological polar surface area (TPSA) is 43.8 Å². The number of aryl methyl sites for hydroxylation is 2. The van der Waals surface area contributed by atoms with E-state index in [9.17, 15) is 0 Å². The van der Waals surface area contributed by atoms with E-state index >= 15 is 0 Å². The predicted octanol–water partition coefficient (Wildman–Crippen LogP) is 2.08. The third-order valence-corrected chi connectivity index (χ3v) is 2.61. The van der Waals surface area contributed by atoms with Crippen molar-refractivity contribution in [1.29, 1.82) is 0 Å². The van der Waals surface area contributed by atoms with Crippen molar-refractivity contribution in [2.75, 3.05) is 0 Å². The average molecular weight is 203 g/mol. The number of aromatic nitrogens is 2. The zero-order valence-electron chi connectivity index (χ0n) is 9.70. The summed E-state index contributed by atoms with van der Waals surface area (Å²) in [6.45, 7) is 6.03. The third kappa shape index (κ3) is 1.63. The minimum atomic E-state index is -0.401. The molecule has 0 atom stereocenters. The Morgan fingerprint density at radius 3 is 2.60 bits per heavy atom. The Hall–Kier alpha value is -1.35. The molecule has 0 aliphatic carbocycles. The Morgan fingerprint density at radius 1 is 1.33 bits per heavy atom. The first-order chi connectivity index (χ1) is 6.89. The summed E-state index contributed by atoms with van der Waals surface area (Å²) in [6.07, 6.45) is 0. The summed E-state index contributed by atoms with van der Waals surface area (Å²) in [5.74, 6) is 0.920. The van der Waals surface area contributed by atoms with Crippen LogP contribution in [0.3, 0.4) is 0 Å². The van der Waals surface area contributed by atoms with Crippen LogP contribution in [0, 0.1) is 6.92 Å². The van der Waals surface area contributed by atoms with Gasteiger partial charge in [-0.2, -0.15) is 0 Å². The van der Waals surface area contributed by atoms with Crippen molar-refractivity contribution >= 4 is 11.0 Å². The van der Waals surface area contributed by atoms with Gasteiger partial charge in [-0.05, 0) is 38.5 Å². The summed E-state index contributed by atoms with van der Waals surface area (Å²) in [5, 5.41) is 0. The number of hydrogen-bond acceptors (Lipinski definition) is 2. The molecule has 0 spiro atoms. The van der Waals surface area contributed by atoms with Gasteiger partial charge in [-0.3, -0.25) is 0 Å². The molecule has 0 bridgehead atoms. The second-order valence-electron chi connectivity index (χ2n) is 4.71. The Kier molecular flexibility index (Phi) is 2.08. The Balaban J connectivity index is 2.76. The van der Waals surface area contributed by atoms with E-state index in [4.69, 9.17) is 5.73 Å². The van der Waals surface area contributed by atoms with Gasteiger partial charge in [-0.25, -0.2) is 4.98 Å². The molecular weight excluding hydrogens is 186 g/mol. The molecule has 0 fully saturated rings. The number of hydrogen-bond donors (Lipinski definition) is 1. The molecule has 0 saturated carbocycles. The molecule has 0 unspecified atom stereocenters. The fourth-order valence-electron chi connectivity index (χ4n) is 1.88. The van der Waals surface area contributed by atoms with Gasteiger partial charge in [-0.1, -0.05) is 6.07 Å². The molecule has 80 valence electrons. The lowest BCUT2D eigenvalue weighted by atomic mass is 10.1. The van der Waals surface area contributed by atoms with Crippen LogP contribution in [0.5, 0.6) is 0 Å². The van der Waals surface area contributed by atoms with E-state index in [0.717, 1.165) is 16.9 Å². The van der Waals surface area contributed by atoms with E-state index in [1.54, 1.807) is 0 Å². The fraction of sp³-hybridized carbons (Fsp3) is 0.417. The lowest BCUT2D eigenvalue weighted by Crippen LogP contribution is -2.32. The summed E-state index contributed by atoms with van der Waals surface area (Å²) in [7, 11) is 2.01. The van der Waals surface area contributed by atoms with Crippen LogP contribution in [0.2, 0.25) is 0 Å². The normalized spacial score (nSPS) is 12.3. The van der Waals surface area contributed by atoms with Crippen LogP contribution in [0.15, 0.2) is 18.2 Å². The zero-order chi connectivity index (χ0) is 11.2. The Bertz CT molecular complexity index is 503. The molecule has 1 aromatic heterocycles. The maximum absolute atomic E-state index is 6.08. The minimum absolute atomic E-state index is 0.401. The molecule has 2 N–H and O–H groups in total. The highest BCUT2D eigenvalue weighted by atomic mass is 15.1. The molecule has 3 nitrogen and oxygen atoms in total. The molecular formula is C12H17N3. The van der Waals surface area contributed by atoms with Crippen molar-refractivity contribution in [2.45, 2.75) is 26.3 Å². The van der Waals surface area contributed by atoms with Gasteiger partial charge in [0.15, 0.2) is 0 Å². The smallest absolute Gasteiger partial charge is 0.129 e. The Labute approximate surface area is 89.9 Å². The standard InChI is InChI=1S/C12H17N3/c1-8-5-6-9-10(7-8)15(4)11(14-9)12(2,3)13/h5-7H,13H2,1-4H3. The molecule has 2 rings (SSSR count). The highest BCUT2D eigenvalue weighted by Gasteiger charge is 2.21. The molecule has 0 amide bonds. The van der Waals surface area contributed by atoms with Crippen molar-refractivity contribution in [3.05, 3.63) is 29.6 Å². The number of imidazole rings is 1. The first-order valence-corrected chi connectivity index (χ1v) is 5.12. The van der Waals surface area contributed by atoms with Gasteiger partial charge in [0, 0.05) is 7.05 Å². The molecule has 0 aliphatic heterocycles. The van der Waals surface area contributed by atoms with Crippen molar-refractivity contribution in [3.8, 4) is 0 Å². The molecule has 1 aromatic carbocycles. The quantitative estimate of drug-likeness (QED) is 0.771. The zero-order valence-corrected chi connectivity index (χ0v) is 9.70. The monoisotopic (exact) mass is 203 g/mol. The highest BCUT2D eigenvalue weighted by Crippen LogP contribution is 2.22. The van der Waals surface area contributed by atoms with Gasteiger partial charge in [0.1, 0.15) is 5.82 Å². The van der Waals surface area contributed by atoms with Crippen molar-refractivity contribution in [1.82, 2.24) is 9.55 Å². The molecule has 0 radical (unpaired) electrons. The maximum atomic E-state index is 6.08. The van der Waals surface area contributed by atoms with Crippen LogP contribution in [0.4, 0.5) is 0 Å². The second-order valence-corrected chi connectivity index (χ2v) is 4.71. The summed E-state index contributed by atoms with van der Waals surface area (Å²) in [5.41, 5.74) is 9.07. The summed E-state index contributed by atoms with van der Waals surface area (Å²) in [4.78, 5) is 4.56. The number of benzene rings is 1. The van der Waals surface area contributed by atoms with Crippen LogP contribution in [0.1, 0.15) is 25.2 Å². The SMILES string of the molecule is Cc1ccc2nc(C(C)(C)N)n(C)c2c1. The van der Waals surface area contributed by atoms with E-state index in [1.807, 2.05) is 27.0 Å². The first kappa shape index (κ1) is 10.2. The number of nitrogens with zero attached hydrogens (tertiary/aromatic N) is 2. The van der Waals surface area contributed by atoms with Gasteiger partial charge in [-0.15, -0.1) is 0 Å². The number of fused-ring (bicyclic) bond motifs is 1. The van der Waals surface area contributed by atoms with Crippen LogP contribution in [-0.4, -0.2) is 9.55 Å². The van der Waals surface area contributed by atoms with Crippen LogP contribution in [0.25, 0.3) is 11.0 Å². The highest BCUT2D eigenvalue weighted by molar-refractivity contribution is 5.77. The van der Waals surface area contributed by atoms with E-state index in [-0.39, 0.29) is 0 Å². The molecule has 0 saturated heterocycles. The van der Waals surface area contributed by atoms with Gasteiger partial charge < -0.3 is 10.3 Å².